The lowest BCUT2D eigenvalue weighted by Crippen LogP contribution is -2.52. The number of ketones is 1. The Labute approximate surface area is 234 Å². The first-order valence-corrected chi connectivity index (χ1v) is 14.1. The highest BCUT2D eigenvalue weighted by Crippen LogP contribution is 2.31. The maximum Gasteiger partial charge on any atom is 0.430 e. The zero-order valence-electron chi connectivity index (χ0n) is 23.0. The summed E-state index contributed by atoms with van der Waals surface area (Å²) in [6.07, 6.45) is 2.59. The lowest BCUT2D eigenvalue weighted by atomic mass is 10.0. The Morgan fingerprint density at radius 3 is 2.35 bits per heavy atom. The van der Waals surface area contributed by atoms with Gasteiger partial charge in [0.2, 0.25) is 5.91 Å². The van der Waals surface area contributed by atoms with Crippen LogP contribution in [0.15, 0.2) is 54.6 Å². The Morgan fingerprint density at radius 1 is 0.975 bits per heavy atom. The van der Waals surface area contributed by atoms with Gasteiger partial charge in [-0.3, -0.25) is 19.7 Å². The van der Waals surface area contributed by atoms with Gasteiger partial charge in [-0.2, -0.15) is 0 Å². The number of hydroxylamine groups is 2. The van der Waals surface area contributed by atoms with Crippen LogP contribution in [0, 0.1) is 5.92 Å². The number of carbonyl (C=O) groups is 4. The summed E-state index contributed by atoms with van der Waals surface area (Å²) in [5.41, 5.74) is 2.16. The van der Waals surface area contributed by atoms with Crippen molar-refractivity contribution in [3.63, 3.8) is 0 Å². The Hall–Kier alpha value is -3.92. The molecule has 5 rings (SSSR count). The van der Waals surface area contributed by atoms with E-state index >= 15 is 0 Å². The minimum absolute atomic E-state index is 0.0914. The predicted molar refractivity (Wildman–Crippen MR) is 151 cm³/mol. The second-order valence-electron chi connectivity index (χ2n) is 11.1. The first-order chi connectivity index (χ1) is 19.3. The van der Waals surface area contributed by atoms with Crippen LogP contribution in [0.3, 0.4) is 0 Å². The number of anilines is 2. The fraction of sp³-hybridized carbons (Fsp3) is 0.467. The average molecular weight is 548 g/mol. The van der Waals surface area contributed by atoms with E-state index in [1.54, 1.807) is 41.3 Å². The second-order valence-corrected chi connectivity index (χ2v) is 11.1. The largest absolute Gasteiger partial charge is 0.430 e. The van der Waals surface area contributed by atoms with E-state index in [0.29, 0.717) is 30.6 Å². The lowest BCUT2D eigenvalue weighted by molar-refractivity contribution is -0.138. The molecule has 3 heterocycles. The Morgan fingerprint density at radius 2 is 1.68 bits per heavy atom. The molecule has 2 N–H and O–H groups in total. The maximum absolute atomic E-state index is 13.7. The monoisotopic (exact) mass is 547 g/mol. The number of hydrogen-bond donors (Lipinski definition) is 2. The number of rotatable bonds is 8. The molecule has 40 heavy (non-hydrogen) atoms. The number of fused-ring (bicyclic) bond motifs is 1. The van der Waals surface area contributed by atoms with Crippen LogP contribution in [0.5, 0.6) is 0 Å². The molecule has 3 unspecified atom stereocenters. The molecular formula is C30H37N5O5. The van der Waals surface area contributed by atoms with Crippen molar-refractivity contribution in [2.75, 3.05) is 36.4 Å². The zero-order chi connectivity index (χ0) is 28.2. The molecule has 10 nitrogen and oxygen atoms in total. The quantitative estimate of drug-likeness (QED) is 0.521. The third-order valence-electron chi connectivity index (χ3n) is 7.79. The third-order valence-corrected chi connectivity index (χ3v) is 7.79. The molecule has 2 aromatic carbocycles. The fourth-order valence-electron chi connectivity index (χ4n) is 5.88. The number of nitrogens with zero attached hydrogens (tertiary/aromatic N) is 3. The fourth-order valence-corrected chi connectivity index (χ4v) is 5.88. The number of benzene rings is 2. The zero-order valence-corrected chi connectivity index (χ0v) is 23.0. The molecule has 2 aromatic rings. The summed E-state index contributed by atoms with van der Waals surface area (Å²) < 4.78 is 0. The topological polar surface area (TPSA) is 111 Å². The van der Waals surface area contributed by atoms with Gasteiger partial charge in [0.25, 0.3) is 5.91 Å². The molecule has 212 valence electrons. The normalized spacial score (nSPS) is 21.4. The maximum atomic E-state index is 13.7. The molecule has 0 aliphatic carbocycles. The van der Waals surface area contributed by atoms with Gasteiger partial charge in [-0.15, -0.1) is 5.06 Å². The first kappa shape index (κ1) is 27.6. The standard InChI is InChI=1S/C30H37N5O5/c1-20(2)18-24(32-28(37)21-10-12-23(13-11-21)33-15-6-7-16-33)29(38)34-17-14-25-27(34)26(36)19-35(25)40-30(39)31-22-8-4-3-5-9-22/h3-5,8-13,20,24-25,27H,6-7,14-19H2,1-2H3,(H,31,39)(H,32,37). The lowest BCUT2D eigenvalue weighted by Gasteiger charge is -2.29. The van der Waals surface area contributed by atoms with Gasteiger partial charge >= 0.3 is 6.09 Å². The van der Waals surface area contributed by atoms with Crippen LogP contribution in [0.25, 0.3) is 0 Å². The third kappa shape index (κ3) is 6.12. The van der Waals surface area contributed by atoms with Crippen molar-refractivity contribution < 1.29 is 24.0 Å². The van der Waals surface area contributed by atoms with E-state index in [-0.39, 0.29) is 30.1 Å². The molecule has 0 bridgehead atoms. The SMILES string of the molecule is CC(C)CC(NC(=O)c1ccc(N2CCCC2)cc1)C(=O)N1CCC2C1C(=O)CN2OC(=O)Nc1ccccc1. The molecule has 0 radical (unpaired) electrons. The van der Waals surface area contributed by atoms with E-state index in [9.17, 15) is 19.2 Å². The number of nitrogens with one attached hydrogen (secondary N) is 2. The van der Waals surface area contributed by atoms with Crippen molar-refractivity contribution in [2.24, 2.45) is 5.92 Å². The van der Waals surface area contributed by atoms with Crippen molar-refractivity contribution in [1.29, 1.82) is 0 Å². The number of hydrogen-bond acceptors (Lipinski definition) is 7. The highest BCUT2D eigenvalue weighted by atomic mass is 16.7. The van der Waals surface area contributed by atoms with Crippen molar-refractivity contribution in [3.05, 3.63) is 60.2 Å². The van der Waals surface area contributed by atoms with Crippen LogP contribution in [0.4, 0.5) is 16.2 Å². The van der Waals surface area contributed by atoms with Gasteiger partial charge in [0.1, 0.15) is 12.1 Å². The average Bonchev–Trinajstić information content (AvgIpc) is 3.68. The first-order valence-electron chi connectivity index (χ1n) is 14.1. The summed E-state index contributed by atoms with van der Waals surface area (Å²) in [6.45, 7) is 6.28. The van der Waals surface area contributed by atoms with E-state index in [4.69, 9.17) is 4.84 Å². The molecule has 0 aromatic heterocycles. The molecule has 3 aliphatic rings. The van der Waals surface area contributed by atoms with Crippen molar-refractivity contribution >= 4 is 35.1 Å². The molecule has 0 spiro atoms. The van der Waals surface area contributed by atoms with Crippen molar-refractivity contribution in [1.82, 2.24) is 15.3 Å². The molecular weight excluding hydrogens is 510 g/mol. The highest BCUT2D eigenvalue weighted by molar-refractivity contribution is 5.99. The van der Waals surface area contributed by atoms with E-state index in [0.717, 1.165) is 18.8 Å². The minimum Gasteiger partial charge on any atom is -0.372 e. The summed E-state index contributed by atoms with van der Waals surface area (Å²) in [4.78, 5) is 61.7. The number of carbonyl (C=O) groups excluding carboxylic acids is 4. The van der Waals surface area contributed by atoms with E-state index in [1.165, 1.54) is 17.9 Å². The van der Waals surface area contributed by atoms with Gasteiger partial charge in [0.05, 0.1) is 12.6 Å². The summed E-state index contributed by atoms with van der Waals surface area (Å²) in [5, 5.41) is 6.95. The summed E-state index contributed by atoms with van der Waals surface area (Å²) >= 11 is 0. The molecule has 3 saturated heterocycles. The van der Waals surface area contributed by atoms with Gasteiger partial charge < -0.3 is 20.0 Å². The smallest absolute Gasteiger partial charge is 0.372 e. The van der Waals surface area contributed by atoms with Crippen LogP contribution in [-0.4, -0.2) is 78.0 Å². The van der Waals surface area contributed by atoms with Crippen LogP contribution in [0.1, 0.15) is 49.9 Å². The van der Waals surface area contributed by atoms with Crippen molar-refractivity contribution in [2.45, 2.75) is 57.7 Å². The van der Waals surface area contributed by atoms with Gasteiger partial charge in [-0.1, -0.05) is 32.0 Å². The molecule has 3 aliphatic heterocycles. The molecule has 3 amide bonds. The van der Waals surface area contributed by atoms with E-state index in [2.05, 4.69) is 15.5 Å². The van der Waals surface area contributed by atoms with Crippen LogP contribution in [-0.2, 0) is 14.4 Å². The molecule has 3 atom stereocenters. The number of amides is 3. The van der Waals surface area contributed by atoms with Gasteiger partial charge in [0, 0.05) is 36.6 Å². The Balaban J connectivity index is 1.23. The Bertz CT molecular complexity index is 1230. The van der Waals surface area contributed by atoms with Crippen LogP contribution < -0.4 is 15.5 Å². The minimum atomic E-state index is -0.770. The second kappa shape index (κ2) is 12.1. The number of likely N-dealkylation sites (tertiary alicyclic amines) is 1. The van der Waals surface area contributed by atoms with Gasteiger partial charge in [0.15, 0.2) is 5.78 Å². The van der Waals surface area contributed by atoms with E-state index < -0.39 is 24.2 Å². The van der Waals surface area contributed by atoms with Crippen LogP contribution in [0.2, 0.25) is 0 Å². The summed E-state index contributed by atoms with van der Waals surface area (Å²) in [6, 6.07) is 14.5. The molecule has 3 fully saturated rings. The summed E-state index contributed by atoms with van der Waals surface area (Å²) in [7, 11) is 0. The van der Waals surface area contributed by atoms with Crippen LogP contribution >= 0.6 is 0 Å². The highest BCUT2D eigenvalue weighted by Gasteiger charge is 2.52. The van der Waals surface area contributed by atoms with Crippen molar-refractivity contribution in [3.8, 4) is 0 Å². The van der Waals surface area contributed by atoms with Gasteiger partial charge in [-0.25, -0.2) is 4.79 Å². The molecule has 10 heteroatoms. The number of para-hydroxylation sites is 1. The Kier molecular flexibility index (Phi) is 8.35. The van der Waals surface area contributed by atoms with E-state index in [1.807, 2.05) is 32.0 Å². The molecule has 0 saturated carbocycles. The summed E-state index contributed by atoms with van der Waals surface area (Å²) in [5.74, 6) is -0.642. The predicted octanol–water partition coefficient (Wildman–Crippen LogP) is 3.45. The number of Topliss-reactive ketones (excluding diaryl/α,β-unsaturated/α-hetero) is 1. The van der Waals surface area contributed by atoms with Gasteiger partial charge in [-0.05, 0) is 68.0 Å².